The summed E-state index contributed by atoms with van der Waals surface area (Å²) in [5.74, 6) is -0.638. The second-order valence-electron chi connectivity index (χ2n) is 7.19. The molecule has 3 rings (SSSR count). The summed E-state index contributed by atoms with van der Waals surface area (Å²) >= 11 is 6.19. The molecule has 1 aliphatic heterocycles. The molecule has 7 nitrogen and oxygen atoms in total. The van der Waals surface area contributed by atoms with Crippen molar-refractivity contribution >= 4 is 29.1 Å². The van der Waals surface area contributed by atoms with Gasteiger partial charge in [0.15, 0.2) is 0 Å². The summed E-state index contributed by atoms with van der Waals surface area (Å²) < 4.78 is 16.2. The normalized spacial score (nSPS) is 17.5. The van der Waals surface area contributed by atoms with Gasteiger partial charge in [-0.2, -0.15) is 0 Å². The zero-order chi connectivity index (χ0) is 23.4. The lowest BCUT2D eigenvalue weighted by molar-refractivity contribution is -0.139. The highest BCUT2D eigenvalue weighted by Crippen LogP contribution is 2.43. The van der Waals surface area contributed by atoms with Crippen LogP contribution in [0.25, 0.3) is 5.76 Å². The molecular weight excluding hydrogens is 434 g/mol. The predicted molar refractivity (Wildman–Crippen MR) is 121 cm³/mol. The van der Waals surface area contributed by atoms with Gasteiger partial charge in [-0.3, -0.25) is 9.59 Å². The molecule has 0 aromatic heterocycles. The van der Waals surface area contributed by atoms with Gasteiger partial charge in [-0.25, -0.2) is 0 Å². The van der Waals surface area contributed by atoms with Gasteiger partial charge in [0.2, 0.25) is 0 Å². The van der Waals surface area contributed by atoms with E-state index in [1.807, 2.05) is 13.8 Å². The number of aliphatic hydroxyl groups is 1. The average Bonchev–Trinajstić information content (AvgIpc) is 3.04. The first-order valence-electron chi connectivity index (χ1n) is 10.3. The molecule has 2 aromatic carbocycles. The number of carbonyl (C=O) groups is 2. The molecule has 1 unspecified atom stereocenters. The third-order valence-corrected chi connectivity index (χ3v) is 5.51. The number of ether oxygens (including phenoxy) is 3. The Bertz CT molecular complexity index is 1060. The fourth-order valence-electron chi connectivity index (χ4n) is 3.83. The number of aliphatic hydroxyl groups excluding tert-OH is 1. The molecule has 1 N–H and O–H groups in total. The van der Waals surface area contributed by atoms with Crippen molar-refractivity contribution in [3.05, 3.63) is 58.1 Å². The van der Waals surface area contributed by atoms with Crippen LogP contribution in [0.5, 0.6) is 17.2 Å². The van der Waals surface area contributed by atoms with Crippen LogP contribution in [0.3, 0.4) is 0 Å². The Morgan fingerprint density at radius 2 is 1.81 bits per heavy atom. The molecule has 1 saturated heterocycles. The van der Waals surface area contributed by atoms with E-state index >= 15 is 0 Å². The SMILES string of the molecule is CCCN1C(=O)C(=O)/C(=C(/O)c2cc(OC)c(Cl)cc2OC)C1c1cccc(OCC)c1. The first kappa shape index (κ1) is 23.5. The smallest absolute Gasteiger partial charge is 0.295 e. The maximum Gasteiger partial charge on any atom is 0.295 e. The van der Waals surface area contributed by atoms with Gasteiger partial charge in [0.1, 0.15) is 23.0 Å². The molecule has 170 valence electrons. The number of benzene rings is 2. The number of rotatable bonds is 8. The van der Waals surface area contributed by atoms with Gasteiger partial charge in [-0.1, -0.05) is 30.7 Å². The summed E-state index contributed by atoms with van der Waals surface area (Å²) in [4.78, 5) is 27.4. The second-order valence-corrected chi connectivity index (χ2v) is 7.59. The fourth-order valence-corrected chi connectivity index (χ4v) is 4.06. The van der Waals surface area contributed by atoms with Gasteiger partial charge in [-0.05, 0) is 37.1 Å². The molecule has 1 amide bonds. The zero-order valence-corrected chi connectivity index (χ0v) is 19.2. The number of methoxy groups -OCH3 is 2. The molecular formula is C24H26ClNO6. The minimum Gasteiger partial charge on any atom is -0.507 e. The molecule has 0 spiro atoms. The van der Waals surface area contributed by atoms with Gasteiger partial charge < -0.3 is 24.2 Å². The number of Topliss-reactive ketones (excluding diaryl/α,β-unsaturated/α-hetero) is 1. The highest BCUT2D eigenvalue weighted by molar-refractivity contribution is 6.46. The topological polar surface area (TPSA) is 85.3 Å². The Hall–Kier alpha value is -3.19. The summed E-state index contributed by atoms with van der Waals surface area (Å²) in [6, 6.07) is 9.36. The molecule has 32 heavy (non-hydrogen) atoms. The zero-order valence-electron chi connectivity index (χ0n) is 18.5. The molecule has 2 aromatic rings. The van der Waals surface area contributed by atoms with E-state index in [9.17, 15) is 14.7 Å². The number of ketones is 1. The number of amides is 1. The van der Waals surface area contributed by atoms with E-state index < -0.39 is 17.7 Å². The van der Waals surface area contributed by atoms with E-state index in [1.165, 1.54) is 31.3 Å². The van der Waals surface area contributed by atoms with Crippen LogP contribution in [-0.2, 0) is 9.59 Å². The number of hydrogen-bond acceptors (Lipinski definition) is 6. The number of hydrogen-bond donors (Lipinski definition) is 1. The van der Waals surface area contributed by atoms with Crippen LogP contribution >= 0.6 is 11.6 Å². The Balaban J connectivity index is 2.26. The Kier molecular flexibility index (Phi) is 7.30. The van der Waals surface area contributed by atoms with Gasteiger partial charge in [0.05, 0.1) is 43.0 Å². The number of halogens is 1. The summed E-state index contributed by atoms with van der Waals surface area (Å²) in [7, 11) is 2.87. The summed E-state index contributed by atoms with van der Waals surface area (Å²) in [5.41, 5.74) is 0.832. The van der Waals surface area contributed by atoms with E-state index in [2.05, 4.69) is 0 Å². The molecule has 1 atom stereocenters. The van der Waals surface area contributed by atoms with Crippen LogP contribution in [0.2, 0.25) is 5.02 Å². The molecule has 1 aliphatic rings. The largest absolute Gasteiger partial charge is 0.507 e. The van der Waals surface area contributed by atoms with E-state index in [-0.39, 0.29) is 27.7 Å². The van der Waals surface area contributed by atoms with Crippen LogP contribution < -0.4 is 14.2 Å². The van der Waals surface area contributed by atoms with E-state index in [1.54, 1.807) is 24.3 Å². The molecule has 0 radical (unpaired) electrons. The highest BCUT2D eigenvalue weighted by atomic mass is 35.5. The number of carbonyl (C=O) groups excluding carboxylic acids is 2. The van der Waals surface area contributed by atoms with Crippen LogP contribution in [0.4, 0.5) is 0 Å². The molecule has 1 fully saturated rings. The minimum absolute atomic E-state index is 0.0280. The lowest BCUT2D eigenvalue weighted by atomic mass is 9.94. The first-order chi connectivity index (χ1) is 15.4. The van der Waals surface area contributed by atoms with E-state index in [0.29, 0.717) is 36.6 Å². The van der Waals surface area contributed by atoms with Crippen molar-refractivity contribution < 1.29 is 28.9 Å². The first-order valence-corrected chi connectivity index (χ1v) is 10.7. The monoisotopic (exact) mass is 459 g/mol. The van der Waals surface area contributed by atoms with Crippen molar-refractivity contribution in [1.82, 2.24) is 4.90 Å². The lowest BCUT2D eigenvalue weighted by Gasteiger charge is -2.25. The second kappa shape index (κ2) is 9.96. The Morgan fingerprint density at radius 3 is 2.44 bits per heavy atom. The summed E-state index contributed by atoms with van der Waals surface area (Å²) in [6.45, 7) is 4.61. The summed E-state index contributed by atoms with van der Waals surface area (Å²) in [5, 5.41) is 11.6. The molecule has 0 bridgehead atoms. The standard InChI is InChI=1S/C24H26ClNO6/c1-5-10-26-21(14-8-7-9-15(11-14)32-6-2)20(23(28)24(26)29)22(27)16-12-19(31-4)17(25)13-18(16)30-3/h7-9,11-13,21,27H,5-6,10H2,1-4H3/b22-20+. The average molecular weight is 460 g/mol. The third kappa shape index (κ3) is 4.25. The van der Waals surface area contributed by atoms with Crippen molar-refractivity contribution in [2.24, 2.45) is 0 Å². The maximum atomic E-state index is 13.1. The van der Waals surface area contributed by atoms with Gasteiger partial charge in [0, 0.05) is 12.6 Å². The number of nitrogens with zero attached hydrogens (tertiary/aromatic N) is 1. The summed E-state index contributed by atoms with van der Waals surface area (Å²) in [6.07, 6.45) is 0.646. The van der Waals surface area contributed by atoms with Gasteiger partial charge >= 0.3 is 0 Å². The minimum atomic E-state index is -0.776. The predicted octanol–water partition coefficient (Wildman–Crippen LogP) is 4.59. The van der Waals surface area contributed by atoms with Gasteiger partial charge in [0.25, 0.3) is 11.7 Å². The van der Waals surface area contributed by atoms with Gasteiger partial charge in [-0.15, -0.1) is 0 Å². The van der Waals surface area contributed by atoms with Crippen molar-refractivity contribution in [3.8, 4) is 17.2 Å². The van der Waals surface area contributed by atoms with Crippen molar-refractivity contribution in [2.45, 2.75) is 26.3 Å². The van der Waals surface area contributed by atoms with Crippen LogP contribution in [0.15, 0.2) is 42.0 Å². The molecule has 0 saturated carbocycles. The van der Waals surface area contributed by atoms with Crippen molar-refractivity contribution in [3.63, 3.8) is 0 Å². The Labute approximate surface area is 192 Å². The molecule has 8 heteroatoms. The van der Waals surface area contributed by atoms with Crippen LogP contribution in [-0.4, -0.2) is 49.1 Å². The maximum absolute atomic E-state index is 13.1. The fraction of sp³-hybridized carbons (Fsp3) is 0.333. The quantitative estimate of drug-likeness (QED) is 0.353. The number of likely N-dealkylation sites (tertiary alicyclic amines) is 1. The molecule has 1 heterocycles. The van der Waals surface area contributed by atoms with Crippen LogP contribution in [0, 0.1) is 0 Å². The van der Waals surface area contributed by atoms with Crippen molar-refractivity contribution in [1.29, 1.82) is 0 Å². The van der Waals surface area contributed by atoms with E-state index in [4.69, 9.17) is 25.8 Å². The Morgan fingerprint density at radius 1 is 1.09 bits per heavy atom. The lowest BCUT2D eigenvalue weighted by Crippen LogP contribution is -2.30. The molecule has 0 aliphatic carbocycles. The van der Waals surface area contributed by atoms with Crippen LogP contribution in [0.1, 0.15) is 37.4 Å². The van der Waals surface area contributed by atoms with Crippen molar-refractivity contribution in [2.75, 3.05) is 27.4 Å². The van der Waals surface area contributed by atoms with E-state index in [0.717, 1.165) is 0 Å². The highest BCUT2D eigenvalue weighted by Gasteiger charge is 2.46. The third-order valence-electron chi connectivity index (χ3n) is 5.22.